The number of carbonyl (C=O) groups excluding carboxylic acids is 3. The van der Waals surface area contributed by atoms with Crippen LogP contribution < -0.4 is 0 Å². The van der Waals surface area contributed by atoms with Crippen molar-refractivity contribution in [2.75, 3.05) is 13.2 Å². The third-order valence-electron chi connectivity index (χ3n) is 5.38. The summed E-state index contributed by atoms with van der Waals surface area (Å²) in [7, 11) is 0. The van der Waals surface area contributed by atoms with Crippen LogP contribution in [0, 0.1) is 33.8 Å². The smallest absolute Gasteiger partial charge is 0.317 e. The van der Waals surface area contributed by atoms with E-state index in [9.17, 15) is 29.6 Å². The molecule has 0 heterocycles. The molecule has 1 fully saturated rings. The highest BCUT2D eigenvalue weighted by Gasteiger charge is 2.57. The molecular formula is C23H31NO8. The number of ketones is 1. The Morgan fingerprint density at radius 1 is 1.09 bits per heavy atom. The van der Waals surface area contributed by atoms with Crippen molar-refractivity contribution < 1.29 is 33.9 Å². The van der Waals surface area contributed by atoms with E-state index in [1.165, 1.54) is 31.2 Å². The summed E-state index contributed by atoms with van der Waals surface area (Å²) in [5, 5.41) is 22.1. The summed E-state index contributed by atoms with van der Waals surface area (Å²) < 4.78 is 10.7. The number of ether oxygens (including phenoxy) is 2. The van der Waals surface area contributed by atoms with Gasteiger partial charge in [0.25, 0.3) is 5.69 Å². The van der Waals surface area contributed by atoms with E-state index in [-0.39, 0.29) is 30.7 Å². The highest BCUT2D eigenvalue weighted by Crippen LogP contribution is 2.47. The topological polar surface area (TPSA) is 133 Å². The number of nitro groups is 1. The molecule has 176 valence electrons. The van der Waals surface area contributed by atoms with Crippen LogP contribution in [0.4, 0.5) is 5.69 Å². The van der Waals surface area contributed by atoms with Crippen molar-refractivity contribution >= 4 is 23.4 Å². The van der Waals surface area contributed by atoms with Crippen LogP contribution in [0.25, 0.3) is 0 Å². The van der Waals surface area contributed by atoms with Gasteiger partial charge in [-0.05, 0) is 24.3 Å². The van der Waals surface area contributed by atoms with Crippen LogP contribution in [-0.4, -0.2) is 46.6 Å². The summed E-state index contributed by atoms with van der Waals surface area (Å²) in [5.41, 5.74) is -1.62. The largest absolute Gasteiger partial charge is 0.465 e. The number of nitrogens with zero attached hydrogens (tertiary/aromatic N) is 1. The predicted octanol–water partition coefficient (Wildman–Crippen LogP) is 3.03. The zero-order valence-electron chi connectivity index (χ0n) is 19.1. The molecule has 1 aromatic rings. The molecule has 1 aliphatic rings. The van der Waals surface area contributed by atoms with Gasteiger partial charge in [0.05, 0.1) is 29.7 Å². The summed E-state index contributed by atoms with van der Waals surface area (Å²) in [6, 6.07) is 5.25. The van der Waals surface area contributed by atoms with E-state index >= 15 is 0 Å². The van der Waals surface area contributed by atoms with Crippen LogP contribution in [0.5, 0.6) is 0 Å². The molecule has 1 aliphatic carbocycles. The van der Waals surface area contributed by atoms with Crippen molar-refractivity contribution in [1.29, 1.82) is 0 Å². The molecule has 2 rings (SSSR count). The van der Waals surface area contributed by atoms with Crippen molar-refractivity contribution in [1.82, 2.24) is 0 Å². The van der Waals surface area contributed by atoms with Crippen molar-refractivity contribution in [2.45, 2.75) is 52.6 Å². The van der Waals surface area contributed by atoms with Crippen LogP contribution in [0.3, 0.4) is 0 Å². The van der Waals surface area contributed by atoms with Gasteiger partial charge in [-0.15, -0.1) is 0 Å². The predicted molar refractivity (Wildman–Crippen MR) is 115 cm³/mol. The maximum Gasteiger partial charge on any atom is 0.317 e. The normalized spacial score (nSPS) is 25.6. The Labute approximate surface area is 187 Å². The number of hydrogen-bond acceptors (Lipinski definition) is 8. The van der Waals surface area contributed by atoms with E-state index in [4.69, 9.17) is 9.47 Å². The molecule has 0 aromatic heterocycles. The maximum absolute atomic E-state index is 13.1. The third-order valence-corrected chi connectivity index (χ3v) is 5.38. The van der Waals surface area contributed by atoms with Gasteiger partial charge in [0.15, 0.2) is 5.78 Å². The summed E-state index contributed by atoms with van der Waals surface area (Å²) in [6.45, 7) is 8.97. The van der Waals surface area contributed by atoms with Crippen molar-refractivity contribution in [3.05, 3.63) is 39.9 Å². The fourth-order valence-electron chi connectivity index (χ4n) is 3.91. The third kappa shape index (κ3) is 5.91. The molecule has 0 radical (unpaired) electrons. The minimum atomic E-state index is -1.77. The zero-order valence-corrected chi connectivity index (χ0v) is 19.1. The van der Waals surface area contributed by atoms with Gasteiger partial charge in [0, 0.05) is 24.5 Å². The quantitative estimate of drug-likeness (QED) is 0.277. The molecule has 0 saturated heterocycles. The lowest BCUT2D eigenvalue weighted by atomic mass is 9.61. The Hall–Kier alpha value is -2.81. The Balaban J connectivity index is 2.55. The molecule has 1 aromatic carbocycles. The van der Waals surface area contributed by atoms with Gasteiger partial charge in [-0.1, -0.05) is 39.8 Å². The second kappa shape index (κ2) is 10.2. The average Bonchev–Trinajstić information content (AvgIpc) is 2.69. The maximum atomic E-state index is 13.1. The molecule has 1 N–H and O–H groups in total. The van der Waals surface area contributed by atoms with Crippen molar-refractivity contribution in [2.24, 2.45) is 23.7 Å². The summed E-state index contributed by atoms with van der Waals surface area (Å²) in [5.74, 6) is -5.68. The van der Waals surface area contributed by atoms with Crippen molar-refractivity contribution in [3.63, 3.8) is 0 Å². The lowest BCUT2D eigenvalue weighted by molar-refractivity contribution is -0.384. The number of nitro benzene ring substituents is 1. The lowest BCUT2D eigenvalue weighted by Crippen LogP contribution is -2.55. The Morgan fingerprint density at radius 3 is 2.06 bits per heavy atom. The van der Waals surface area contributed by atoms with Crippen LogP contribution >= 0.6 is 0 Å². The van der Waals surface area contributed by atoms with Crippen LogP contribution in [-0.2, 0) is 23.9 Å². The first-order chi connectivity index (χ1) is 14.8. The highest BCUT2D eigenvalue weighted by atomic mass is 16.6. The molecule has 0 aliphatic heterocycles. The van der Waals surface area contributed by atoms with Crippen LogP contribution in [0.2, 0.25) is 0 Å². The minimum absolute atomic E-state index is 0.0328. The Bertz CT molecular complexity index is 859. The van der Waals surface area contributed by atoms with Crippen LogP contribution in [0.15, 0.2) is 24.3 Å². The van der Waals surface area contributed by atoms with Gasteiger partial charge in [0.1, 0.15) is 5.92 Å². The second-order valence-electron chi connectivity index (χ2n) is 9.38. The molecule has 4 atom stereocenters. The summed E-state index contributed by atoms with van der Waals surface area (Å²) >= 11 is 0. The summed E-state index contributed by atoms with van der Waals surface area (Å²) in [4.78, 5) is 49.4. The van der Waals surface area contributed by atoms with E-state index in [2.05, 4.69) is 0 Å². The monoisotopic (exact) mass is 449 g/mol. The molecule has 9 nitrogen and oxygen atoms in total. The molecule has 32 heavy (non-hydrogen) atoms. The number of hydrogen-bond donors (Lipinski definition) is 1. The minimum Gasteiger partial charge on any atom is -0.465 e. The number of benzene rings is 1. The number of rotatable bonds is 8. The fourth-order valence-corrected chi connectivity index (χ4v) is 3.91. The van der Waals surface area contributed by atoms with E-state index in [0.717, 1.165) is 0 Å². The van der Waals surface area contributed by atoms with Crippen molar-refractivity contribution in [3.8, 4) is 0 Å². The van der Waals surface area contributed by atoms with E-state index in [1.54, 1.807) is 0 Å². The van der Waals surface area contributed by atoms with Gasteiger partial charge in [0.2, 0.25) is 0 Å². The molecule has 1 saturated carbocycles. The Kier molecular flexibility index (Phi) is 8.12. The fraction of sp³-hybridized carbons (Fsp3) is 0.609. The van der Waals surface area contributed by atoms with Gasteiger partial charge in [-0.3, -0.25) is 24.5 Å². The average molecular weight is 450 g/mol. The van der Waals surface area contributed by atoms with E-state index in [1.807, 2.05) is 27.7 Å². The first-order valence-electron chi connectivity index (χ1n) is 10.7. The second-order valence-corrected chi connectivity index (χ2v) is 9.38. The van der Waals surface area contributed by atoms with E-state index in [0.29, 0.717) is 5.56 Å². The standard InChI is InChI=1S/C23H31NO8/c1-13(2)11-31-21(26)19-17(25)10-23(5,28)20(22(27)32-12-14(3)4)18(19)15-6-8-16(9-7-15)24(29)30/h6-9,13-14,18-20,28H,10-12H2,1-5H3/t18-,19+,20+,23-/m0/s1. The molecule has 0 bridgehead atoms. The van der Waals surface area contributed by atoms with Gasteiger partial charge in [-0.2, -0.15) is 0 Å². The molecule has 0 unspecified atom stereocenters. The molecular weight excluding hydrogens is 418 g/mol. The highest BCUT2D eigenvalue weighted by molar-refractivity contribution is 6.02. The first kappa shape index (κ1) is 25.5. The SMILES string of the molecule is CC(C)COC(=O)[C@@H]1C(=O)C[C@](C)(O)[C@@H](C(=O)OCC(C)C)[C@H]1c1ccc([N+](=O)[O-])cc1. The van der Waals surface area contributed by atoms with Gasteiger partial charge < -0.3 is 14.6 Å². The number of non-ortho nitro benzene ring substituents is 1. The number of esters is 2. The van der Waals surface area contributed by atoms with E-state index < -0.39 is 52.4 Å². The Morgan fingerprint density at radius 2 is 1.59 bits per heavy atom. The summed E-state index contributed by atoms with van der Waals surface area (Å²) in [6.07, 6.45) is -0.417. The molecule has 9 heteroatoms. The first-order valence-corrected chi connectivity index (χ1v) is 10.7. The molecule has 0 spiro atoms. The lowest BCUT2D eigenvalue weighted by Gasteiger charge is -2.43. The van der Waals surface area contributed by atoms with Crippen LogP contribution in [0.1, 0.15) is 52.5 Å². The van der Waals surface area contributed by atoms with Gasteiger partial charge in [-0.25, -0.2) is 0 Å². The number of Topliss-reactive ketones (excluding diaryl/α,β-unsaturated/α-hetero) is 1. The number of carbonyl (C=O) groups is 3. The van der Waals surface area contributed by atoms with Gasteiger partial charge >= 0.3 is 11.9 Å². The zero-order chi connectivity index (χ0) is 24.2. The number of aliphatic hydroxyl groups is 1. The molecule has 0 amide bonds.